The molecule has 0 aromatic carbocycles. The second-order valence-electron chi connectivity index (χ2n) is 8.05. The zero-order chi connectivity index (χ0) is 22.4. The molecule has 0 aliphatic heterocycles. The Bertz CT molecular complexity index is 716. The minimum Gasteiger partial charge on any atom is -0.480 e. The number of carbonyl (C=O) groups excluding carboxylic acids is 2. The lowest BCUT2D eigenvalue weighted by atomic mass is 9.99. The van der Waals surface area contributed by atoms with E-state index in [0.717, 1.165) is 0 Å². The summed E-state index contributed by atoms with van der Waals surface area (Å²) in [6, 6.07) is -1.77. The van der Waals surface area contributed by atoms with Gasteiger partial charge in [-0.2, -0.15) is 0 Å². The summed E-state index contributed by atoms with van der Waals surface area (Å²) in [7, 11) is 1.58. The zero-order valence-corrected chi connectivity index (χ0v) is 18.9. The number of thiazole rings is 1. The number of aliphatic carboxylic acids is 1. The molecule has 0 aliphatic rings. The normalized spacial score (nSPS) is 14.4. The number of rotatable bonds is 8. The lowest BCUT2D eigenvalue weighted by molar-refractivity contribution is -0.140. The molecular formula is C19H32N4O5S. The zero-order valence-electron chi connectivity index (χ0n) is 18.1. The Morgan fingerprint density at radius 2 is 1.90 bits per heavy atom. The molecule has 10 heteroatoms. The summed E-state index contributed by atoms with van der Waals surface area (Å²) in [6.07, 6.45) is 0.113. The smallest absolute Gasteiger partial charge is 0.408 e. The molecule has 1 aromatic heterocycles. The summed E-state index contributed by atoms with van der Waals surface area (Å²) in [4.78, 5) is 41.5. The largest absolute Gasteiger partial charge is 0.480 e. The third kappa shape index (κ3) is 8.26. The number of hydrogen-bond acceptors (Lipinski definition) is 6. The number of alkyl carbamates (subject to hydrolysis) is 1. The topological polar surface area (TPSA) is 121 Å². The molecule has 0 unspecified atom stereocenters. The fourth-order valence-electron chi connectivity index (χ4n) is 2.38. The molecule has 9 nitrogen and oxygen atoms in total. The third-order valence-electron chi connectivity index (χ3n) is 4.18. The fraction of sp³-hybridized carbons (Fsp3) is 0.684. The van der Waals surface area contributed by atoms with Crippen LogP contribution in [-0.2, 0) is 16.1 Å². The van der Waals surface area contributed by atoms with Crippen molar-refractivity contribution in [3.8, 4) is 0 Å². The van der Waals surface area contributed by atoms with E-state index in [1.807, 2.05) is 6.92 Å². The maximum Gasteiger partial charge on any atom is 0.408 e. The number of amides is 3. The highest BCUT2D eigenvalue weighted by Crippen LogP contribution is 2.20. The van der Waals surface area contributed by atoms with Crippen LogP contribution in [0.15, 0.2) is 5.38 Å². The second kappa shape index (κ2) is 10.4. The summed E-state index contributed by atoms with van der Waals surface area (Å²) < 4.78 is 5.24. The van der Waals surface area contributed by atoms with Crippen molar-refractivity contribution in [2.24, 2.45) is 5.92 Å². The summed E-state index contributed by atoms with van der Waals surface area (Å²) in [5.41, 5.74) is 0.0627. The Labute approximate surface area is 175 Å². The molecule has 1 aromatic rings. The number of nitrogens with one attached hydrogen (secondary N) is 2. The highest BCUT2D eigenvalue weighted by atomic mass is 32.1. The first kappa shape index (κ1) is 24.7. The van der Waals surface area contributed by atoms with E-state index in [-0.39, 0.29) is 18.5 Å². The first-order chi connectivity index (χ1) is 13.3. The van der Waals surface area contributed by atoms with E-state index >= 15 is 0 Å². The van der Waals surface area contributed by atoms with E-state index in [1.54, 1.807) is 47.0 Å². The van der Waals surface area contributed by atoms with Crippen LogP contribution in [0.2, 0.25) is 0 Å². The van der Waals surface area contributed by atoms with Gasteiger partial charge in [0.15, 0.2) is 0 Å². The summed E-state index contributed by atoms with van der Waals surface area (Å²) >= 11 is 1.36. The third-order valence-corrected chi connectivity index (χ3v) is 5.25. The van der Waals surface area contributed by atoms with Crippen molar-refractivity contribution in [1.29, 1.82) is 0 Å². The van der Waals surface area contributed by atoms with Crippen LogP contribution >= 0.6 is 11.3 Å². The van der Waals surface area contributed by atoms with Gasteiger partial charge in [-0.3, -0.25) is 0 Å². The minimum atomic E-state index is -1.06. The van der Waals surface area contributed by atoms with Crippen LogP contribution in [0.4, 0.5) is 9.59 Å². The Balaban J connectivity index is 2.66. The average Bonchev–Trinajstić information content (AvgIpc) is 3.05. The number of nitrogens with zero attached hydrogens (tertiary/aromatic N) is 2. The predicted molar refractivity (Wildman–Crippen MR) is 111 cm³/mol. The molecule has 0 saturated carbocycles. The summed E-state index contributed by atoms with van der Waals surface area (Å²) in [5, 5.41) is 17.1. The number of ether oxygens (including phenoxy) is 1. The van der Waals surface area contributed by atoms with Gasteiger partial charge in [-0.1, -0.05) is 20.3 Å². The number of carboxylic acids is 1. The van der Waals surface area contributed by atoms with Gasteiger partial charge in [0.05, 0.1) is 18.3 Å². The van der Waals surface area contributed by atoms with Gasteiger partial charge in [0.2, 0.25) is 0 Å². The number of urea groups is 1. The molecule has 3 amide bonds. The quantitative estimate of drug-likeness (QED) is 0.584. The van der Waals surface area contributed by atoms with E-state index in [4.69, 9.17) is 4.74 Å². The van der Waals surface area contributed by atoms with Crippen molar-refractivity contribution in [3.05, 3.63) is 16.1 Å². The van der Waals surface area contributed by atoms with Gasteiger partial charge in [-0.05, 0) is 33.6 Å². The fourth-order valence-corrected chi connectivity index (χ4v) is 3.20. The Hall–Kier alpha value is -2.36. The van der Waals surface area contributed by atoms with Crippen LogP contribution in [0.25, 0.3) is 0 Å². The molecule has 0 radical (unpaired) electrons. The van der Waals surface area contributed by atoms with Gasteiger partial charge in [-0.25, -0.2) is 19.4 Å². The van der Waals surface area contributed by atoms with E-state index < -0.39 is 29.7 Å². The second-order valence-corrected chi connectivity index (χ2v) is 8.94. The number of aromatic nitrogens is 1. The van der Waals surface area contributed by atoms with Gasteiger partial charge >= 0.3 is 18.1 Å². The van der Waals surface area contributed by atoms with Crippen LogP contribution in [0.5, 0.6) is 0 Å². The average molecular weight is 429 g/mol. The molecule has 0 saturated heterocycles. The van der Waals surface area contributed by atoms with Crippen LogP contribution in [0.3, 0.4) is 0 Å². The van der Waals surface area contributed by atoms with E-state index in [1.165, 1.54) is 16.2 Å². The standard InChI is InChI=1S/C19H32N4O5S/c1-8-11(2)14(16(24)25)22-17(26)23(7)9-13-10-29-15(21-13)12(3)20-18(27)28-19(4,5)6/h10-12,14H,8-9H2,1-7H3,(H,20,27)(H,22,26)(H,24,25)/t11-,12-,14-/m0/s1. The first-order valence-corrected chi connectivity index (χ1v) is 10.4. The van der Waals surface area contributed by atoms with Gasteiger partial charge < -0.3 is 25.4 Å². The highest BCUT2D eigenvalue weighted by molar-refractivity contribution is 7.09. The summed E-state index contributed by atoms with van der Waals surface area (Å²) in [6.45, 7) is 11.0. The number of hydrogen-bond donors (Lipinski definition) is 3. The molecule has 3 atom stereocenters. The maximum absolute atomic E-state index is 12.4. The molecule has 1 rings (SSSR count). The van der Waals surface area contributed by atoms with Gasteiger partial charge in [0.25, 0.3) is 0 Å². The molecule has 1 heterocycles. The molecule has 0 bridgehead atoms. The molecule has 0 fully saturated rings. The van der Waals surface area contributed by atoms with Gasteiger partial charge in [0.1, 0.15) is 16.7 Å². The maximum atomic E-state index is 12.4. The lowest BCUT2D eigenvalue weighted by Gasteiger charge is -2.24. The monoisotopic (exact) mass is 428 g/mol. The number of carboxylic acid groups (broad SMARTS) is 1. The van der Waals surface area contributed by atoms with Crippen LogP contribution in [-0.4, -0.2) is 51.8 Å². The van der Waals surface area contributed by atoms with Crippen molar-refractivity contribution in [2.45, 2.75) is 72.2 Å². The Morgan fingerprint density at radius 3 is 2.41 bits per heavy atom. The van der Waals surface area contributed by atoms with Crippen molar-refractivity contribution < 1.29 is 24.2 Å². The van der Waals surface area contributed by atoms with E-state index in [9.17, 15) is 19.5 Å². The molecular weight excluding hydrogens is 396 g/mol. The molecule has 29 heavy (non-hydrogen) atoms. The van der Waals surface area contributed by atoms with Crippen LogP contribution in [0.1, 0.15) is 64.7 Å². The van der Waals surface area contributed by atoms with Crippen molar-refractivity contribution in [3.63, 3.8) is 0 Å². The van der Waals surface area contributed by atoms with E-state index in [2.05, 4.69) is 15.6 Å². The predicted octanol–water partition coefficient (Wildman–Crippen LogP) is 3.37. The van der Waals surface area contributed by atoms with Crippen molar-refractivity contribution in [2.75, 3.05) is 7.05 Å². The van der Waals surface area contributed by atoms with E-state index in [0.29, 0.717) is 17.1 Å². The van der Waals surface area contributed by atoms with Gasteiger partial charge in [0, 0.05) is 12.4 Å². The van der Waals surface area contributed by atoms with Crippen molar-refractivity contribution >= 4 is 29.4 Å². The van der Waals surface area contributed by atoms with Gasteiger partial charge in [-0.15, -0.1) is 11.3 Å². The minimum absolute atomic E-state index is 0.185. The lowest BCUT2D eigenvalue weighted by Crippen LogP contribution is -2.49. The molecule has 3 N–H and O–H groups in total. The van der Waals surface area contributed by atoms with Crippen LogP contribution < -0.4 is 10.6 Å². The first-order valence-electron chi connectivity index (χ1n) is 9.52. The SMILES string of the molecule is CC[C@H](C)[C@H](NC(=O)N(C)Cc1csc([C@H](C)NC(=O)OC(C)(C)C)n1)C(=O)O. The van der Waals surface area contributed by atoms with Crippen molar-refractivity contribution in [1.82, 2.24) is 20.5 Å². The summed E-state index contributed by atoms with van der Waals surface area (Å²) in [5.74, 6) is -1.24. The molecule has 164 valence electrons. The Kier molecular flexibility index (Phi) is 8.87. The Morgan fingerprint density at radius 1 is 1.28 bits per heavy atom. The highest BCUT2D eigenvalue weighted by Gasteiger charge is 2.27. The van der Waals surface area contributed by atoms with Crippen LogP contribution in [0, 0.1) is 5.92 Å². The molecule has 0 aliphatic carbocycles. The molecule has 0 spiro atoms. The number of carbonyl (C=O) groups is 3.